The molecule has 0 unspecified atom stereocenters. The maximum atomic E-state index is 11.7. The minimum absolute atomic E-state index is 0.00618. The van der Waals surface area contributed by atoms with Crippen molar-refractivity contribution in [2.75, 3.05) is 23.4 Å². The molecular weight excluding hydrogens is 312 g/mol. The Hall–Kier alpha value is -1.22. The fourth-order valence-electron chi connectivity index (χ4n) is 2.15. The van der Waals surface area contributed by atoms with Gasteiger partial charge in [0.05, 0.1) is 11.5 Å². The van der Waals surface area contributed by atoms with Gasteiger partial charge in [0.25, 0.3) is 0 Å². The highest BCUT2D eigenvalue weighted by molar-refractivity contribution is 7.91. The molecule has 2 N–H and O–H groups in total. The van der Waals surface area contributed by atoms with Gasteiger partial charge in [-0.25, -0.2) is 13.2 Å². The molecule has 9 heteroatoms. The molecule has 118 valence electrons. The van der Waals surface area contributed by atoms with Gasteiger partial charge in [0.2, 0.25) is 5.13 Å². The van der Waals surface area contributed by atoms with Crippen LogP contribution in [0.1, 0.15) is 25.3 Å². The van der Waals surface area contributed by atoms with Gasteiger partial charge in [-0.1, -0.05) is 25.2 Å². The number of sulfone groups is 1. The van der Waals surface area contributed by atoms with Gasteiger partial charge in [-0.3, -0.25) is 5.32 Å². The number of aromatic nitrogens is 2. The predicted octanol–water partition coefficient (Wildman–Crippen LogP) is 1.29. The number of hydrogen-bond donors (Lipinski definition) is 2. The van der Waals surface area contributed by atoms with Gasteiger partial charge < -0.3 is 5.32 Å². The third kappa shape index (κ3) is 5.24. The first-order chi connectivity index (χ1) is 9.84. The standard InChI is InChI=1S/C12H20N4O3S2/c1-8(2)5-10-15-16-12(20-10)14-11(17)13-6-9-3-4-21(18,19)7-9/h8-9H,3-7H2,1-2H3,(H2,13,14,16,17)/t9-/m0/s1. The van der Waals surface area contributed by atoms with Crippen LogP contribution in [0.25, 0.3) is 0 Å². The molecule has 7 nitrogen and oxygen atoms in total. The highest BCUT2D eigenvalue weighted by atomic mass is 32.2. The van der Waals surface area contributed by atoms with Gasteiger partial charge in [0, 0.05) is 13.0 Å². The quantitative estimate of drug-likeness (QED) is 0.846. The van der Waals surface area contributed by atoms with Crippen molar-refractivity contribution >= 4 is 32.3 Å². The maximum absolute atomic E-state index is 11.7. The van der Waals surface area contributed by atoms with Crippen molar-refractivity contribution in [2.24, 2.45) is 11.8 Å². The van der Waals surface area contributed by atoms with Crippen LogP contribution in [-0.4, -0.2) is 42.7 Å². The van der Waals surface area contributed by atoms with E-state index in [2.05, 4.69) is 34.7 Å². The number of nitrogens with zero attached hydrogens (tertiary/aromatic N) is 2. The maximum Gasteiger partial charge on any atom is 0.321 e. The first kappa shape index (κ1) is 16.2. The van der Waals surface area contributed by atoms with Crippen LogP contribution in [-0.2, 0) is 16.3 Å². The molecule has 1 saturated heterocycles. The van der Waals surface area contributed by atoms with E-state index in [9.17, 15) is 13.2 Å². The molecule has 2 rings (SSSR count). The topological polar surface area (TPSA) is 101 Å². The Morgan fingerprint density at radius 3 is 2.81 bits per heavy atom. The molecule has 0 aliphatic carbocycles. The predicted molar refractivity (Wildman–Crippen MR) is 82.2 cm³/mol. The van der Waals surface area contributed by atoms with E-state index in [0.29, 0.717) is 24.0 Å². The first-order valence-electron chi connectivity index (χ1n) is 6.92. The van der Waals surface area contributed by atoms with E-state index < -0.39 is 9.84 Å². The minimum Gasteiger partial charge on any atom is -0.337 e. The van der Waals surface area contributed by atoms with Crippen LogP contribution in [0.2, 0.25) is 0 Å². The SMILES string of the molecule is CC(C)Cc1nnc(NC(=O)NC[C@@H]2CCS(=O)(=O)C2)s1. The smallest absolute Gasteiger partial charge is 0.321 e. The van der Waals surface area contributed by atoms with E-state index in [4.69, 9.17) is 0 Å². The Morgan fingerprint density at radius 1 is 1.43 bits per heavy atom. The Morgan fingerprint density at radius 2 is 2.19 bits per heavy atom. The summed E-state index contributed by atoms with van der Waals surface area (Å²) in [6.07, 6.45) is 1.45. The fraction of sp³-hybridized carbons (Fsp3) is 0.750. The number of hydrogen-bond acceptors (Lipinski definition) is 6. The molecule has 1 fully saturated rings. The van der Waals surface area contributed by atoms with Gasteiger partial charge in [-0.05, 0) is 18.3 Å². The summed E-state index contributed by atoms with van der Waals surface area (Å²) in [5, 5.41) is 14.6. The van der Waals surface area contributed by atoms with Crippen LogP contribution >= 0.6 is 11.3 Å². The minimum atomic E-state index is -2.90. The summed E-state index contributed by atoms with van der Waals surface area (Å²) in [5.41, 5.74) is 0. The van der Waals surface area contributed by atoms with Crippen molar-refractivity contribution in [2.45, 2.75) is 26.7 Å². The van der Waals surface area contributed by atoms with E-state index in [0.717, 1.165) is 11.4 Å². The lowest BCUT2D eigenvalue weighted by molar-refractivity contribution is 0.250. The van der Waals surface area contributed by atoms with Crippen LogP contribution in [0, 0.1) is 11.8 Å². The molecule has 21 heavy (non-hydrogen) atoms. The molecule has 1 aliphatic rings. The molecule has 2 heterocycles. The van der Waals surface area contributed by atoms with E-state index in [1.165, 1.54) is 11.3 Å². The van der Waals surface area contributed by atoms with Crippen molar-refractivity contribution in [3.63, 3.8) is 0 Å². The number of anilines is 1. The molecular formula is C12H20N4O3S2. The zero-order valence-corrected chi connectivity index (χ0v) is 13.8. The normalized spacial score (nSPS) is 20.6. The molecule has 2 amide bonds. The average molecular weight is 332 g/mol. The Labute approximate surface area is 128 Å². The molecule has 0 saturated carbocycles. The molecule has 1 aromatic rings. The zero-order valence-electron chi connectivity index (χ0n) is 12.1. The van der Waals surface area contributed by atoms with E-state index in [1.807, 2.05) is 0 Å². The molecule has 1 atom stereocenters. The van der Waals surface area contributed by atoms with Gasteiger partial charge in [0.1, 0.15) is 5.01 Å². The van der Waals surface area contributed by atoms with Crippen molar-refractivity contribution in [1.82, 2.24) is 15.5 Å². The van der Waals surface area contributed by atoms with Gasteiger partial charge in [0.15, 0.2) is 9.84 Å². The second-order valence-corrected chi connectivity index (χ2v) is 8.99. The fourth-order valence-corrected chi connectivity index (χ4v) is 4.96. The van der Waals surface area contributed by atoms with Gasteiger partial charge >= 0.3 is 6.03 Å². The number of rotatable bonds is 5. The number of nitrogens with one attached hydrogen (secondary N) is 2. The lowest BCUT2D eigenvalue weighted by Gasteiger charge is -2.09. The summed E-state index contributed by atoms with van der Waals surface area (Å²) in [7, 11) is -2.90. The number of carbonyl (C=O) groups is 1. The molecule has 1 aliphatic heterocycles. The van der Waals surface area contributed by atoms with Crippen molar-refractivity contribution in [1.29, 1.82) is 0 Å². The summed E-state index contributed by atoms with van der Waals surface area (Å²) in [4.78, 5) is 11.7. The molecule has 1 aromatic heterocycles. The summed E-state index contributed by atoms with van der Waals surface area (Å²) >= 11 is 1.36. The highest BCUT2D eigenvalue weighted by Gasteiger charge is 2.27. The van der Waals surface area contributed by atoms with Crippen LogP contribution in [0.4, 0.5) is 9.93 Å². The number of amides is 2. The van der Waals surface area contributed by atoms with Crippen LogP contribution < -0.4 is 10.6 Å². The summed E-state index contributed by atoms with van der Waals surface area (Å²) in [6.45, 7) is 4.55. The van der Waals surface area contributed by atoms with Crippen molar-refractivity contribution < 1.29 is 13.2 Å². The Balaban J connectivity index is 1.76. The molecule has 0 radical (unpaired) electrons. The summed E-state index contributed by atoms with van der Waals surface area (Å²) in [5.74, 6) is 0.871. The van der Waals surface area contributed by atoms with Gasteiger partial charge in [-0.2, -0.15) is 0 Å². The largest absolute Gasteiger partial charge is 0.337 e. The third-order valence-electron chi connectivity index (χ3n) is 3.15. The van der Waals surface area contributed by atoms with Crippen molar-refractivity contribution in [3.8, 4) is 0 Å². The van der Waals surface area contributed by atoms with Crippen LogP contribution in [0.3, 0.4) is 0 Å². The molecule has 0 aromatic carbocycles. The van der Waals surface area contributed by atoms with Crippen LogP contribution in [0.5, 0.6) is 0 Å². The van der Waals surface area contributed by atoms with E-state index in [1.54, 1.807) is 0 Å². The molecule has 0 bridgehead atoms. The highest BCUT2D eigenvalue weighted by Crippen LogP contribution is 2.19. The van der Waals surface area contributed by atoms with Crippen molar-refractivity contribution in [3.05, 3.63) is 5.01 Å². The third-order valence-corrected chi connectivity index (χ3v) is 5.85. The number of urea groups is 1. The number of carbonyl (C=O) groups excluding carboxylic acids is 1. The average Bonchev–Trinajstić information content (AvgIpc) is 2.93. The Bertz CT molecular complexity index is 597. The molecule has 0 spiro atoms. The first-order valence-corrected chi connectivity index (χ1v) is 9.55. The zero-order chi connectivity index (χ0) is 15.5. The summed E-state index contributed by atoms with van der Waals surface area (Å²) in [6, 6.07) is -0.369. The van der Waals surface area contributed by atoms with Gasteiger partial charge in [-0.15, -0.1) is 10.2 Å². The van der Waals surface area contributed by atoms with E-state index >= 15 is 0 Å². The Kier molecular flexibility index (Phi) is 5.15. The monoisotopic (exact) mass is 332 g/mol. The second-order valence-electron chi connectivity index (χ2n) is 5.70. The second kappa shape index (κ2) is 6.69. The lowest BCUT2D eigenvalue weighted by atomic mass is 10.1. The summed E-state index contributed by atoms with van der Waals surface area (Å²) < 4.78 is 22.6. The lowest BCUT2D eigenvalue weighted by Crippen LogP contribution is -2.33. The van der Waals surface area contributed by atoms with Crippen LogP contribution in [0.15, 0.2) is 0 Å². The van der Waals surface area contributed by atoms with E-state index in [-0.39, 0.29) is 23.5 Å².